The summed E-state index contributed by atoms with van der Waals surface area (Å²) in [7, 11) is 0. The third-order valence-corrected chi connectivity index (χ3v) is 5.15. The molecule has 7 heteroatoms. The number of hydrogen-bond donors (Lipinski definition) is 3. The van der Waals surface area contributed by atoms with E-state index >= 15 is 0 Å². The van der Waals surface area contributed by atoms with Crippen molar-refractivity contribution < 1.29 is 19.1 Å². The molecule has 0 unspecified atom stereocenters. The first-order valence-electron chi connectivity index (χ1n) is 10.4. The lowest BCUT2D eigenvalue weighted by molar-refractivity contribution is -0.130. The molecule has 2 rings (SSSR count). The Morgan fingerprint density at radius 1 is 1.07 bits per heavy atom. The Labute approximate surface area is 173 Å². The number of esters is 1. The summed E-state index contributed by atoms with van der Waals surface area (Å²) in [5.74, 6) is -0.352. The van der Waals surface area contributed by atoms with Gasteiger partial charge in [-0.25, -0.2) is 9.59 Å². The van der Waals surface area contributed by atoms with Crippen LogP contribution in [0.3, 0.4) is 0 Å². The van der Waals surface area contributed by atoms with Gasteiger partial charge in [-0.05, 0) is 57.2 Å². The van der Waals surface area contributed by atoms with Crippen LogP contribution in [0.15, 0.2) is 24.3 Å². The van der Waals surface area contributed by atoms with Crippen LogP contribution >= 0.6 is 0 Å². The summed E-state index contributed by atoms with van der Waals surface area (Å²) in [6.07, 6.45) is 3.55. The molecule has 1 fully saturated rings. The van der Waals surface area contributed by atoms with E-state index in [0.717, 1.165) is 24.8 Å². The minimum Gasteiger partial charge on any atom is -0.449 e. The number of carbonyl (C=O) groups excluding carboxylic acids is 3. The largest absolute Gasteiger partial charge is 0.449 e. The lowest BCUT2D eigenvalue weighted by atomic mass is 9.86. The van der Waals surface area contributed by atoms with Crippen LogP contribution in [0.1, 0.15) is 69.3 Å². The molecule has 1 aliphatic rings. The van der Waals surface area contributed by atoms with E-state index in [1.54, 1.807) is 31.2 Å². The Morgan fingerprint density at radius 3 is 2.34 bits per heavy atom. The van der Waals surface area contributed by atoms with Crippen LogP contribution < -0.4 is 16.0 Å². The second-order valence-corrected chi connectivity index (χ2v) is 8.10. The molecule has 0 bridgehead atoms. The van der Waals surface area contributed by atoms with E-state index in [1.807, 2.05) is 13.8 Å². The fourth-order valence-corrected chi connectivity index (χ4v) is 3.37. The van der Waals surface area contributed by atoms with Gasteiger partial charge in [0.1, 0.15) is 0 Å². The fraction of sp³-hybridized carbons (Fsp3) is 0.591. The van der Waals surface area contributed by atoms with Gasteiger partial charge in [0, 0.05) is 18.6 Å². The Morgan fingerprint density at radius 2 is 1.72 bits per heavy atom. The third-order valence-electron chi connectivity index (χ3n) is 5.15. The van der Waals surface area contributed by atoms with E-state index in [0.29, 0.717) is 18.0 Å². The molecule has 0 spiro atoms. The van der Waals surface area contributed by atoms with Crippen LogP contribution in [0.2, 0.25) is 0 Å². The van der Waals surface area contributed by atoms with Gasteiger partial charge in [-0.2, -0.15) is 0 Å². The molecule has 1 aliphatic carbocycles. The maximum absolute atomic E-state index is 12.4. The van der Waals surface area contributed by atoms with Crippen molar-refractivity contribution in [3.63, 3.8) is 0 Å². The lowest BCUT2D eigenvalue weighted by Crippen LogP contribution is -2.45. The average Bonchev–Trinajstić information content (AvgIpc) is 2.68. The highest BCUT2D eigenvalue weighted by Crippen LogP contribution is 2.23. The van der Waals surface area contributed by atoms with Gasteiger partial charge in [0.05, 0.1) is 5.56 Å². The molecule has 1 aromatic rings. The zero-order chi connectivity index (χ0) is 21.4. The van der Waals surface area contributed by atoms with Crippen molar-refractivity contribution in [1.82, 2.24) is 16.0 Å². The summed E-state index contributed by atoms with van der Waals surface area (Å²) in [6.45, 7) is 7.86. The van der Waals surface area contributed by atoms with Gasteiger partial charge < -0.3 is 20.7 Å². The number of amides is 3. The zero-order valence-corrected chi connectivity index (χ0v) is 17.8. The minimum absolute atomic E-state index is 0.0626. The predicted octanol–water partition coefficient (Wildman–Crippen LogP) is 3.13. The van der Waals surface area contributed by atoms with E-state index in [2.05, 4.69) is 22.9 Å². The normalized spacial score (nSPS) is 19.9. The summed E-state index contributed by atoms with van der Waals surface area (Å²) in [5, 5.41) is 8.51. The van der Waals surface area contributed by atoms with Gasteiger partial charge in [-0.1, -0.05) is 31.9 Å². The van der Waals surface area contributed by atoms with Crippen LogP contribution in [-0.4, -0.2) is 36.1 Å². The number of urea groups is 1. The summed E-state index contributed by atoms with van der Waals surface area (Å²) in [5.41, 5.74) is 1.23. The van der Waals surface area contributed by atoms with Crippen molar-refractivity contribution in [2.24, 2.45) is 5.92 Å². The standard InChI is InChI=1S/C22H33N3O4/c1-14(2)24-22(28)23-13-17-9-11-18(12-10-17)21(27)29-16(4)20(26)25-19-8-6-5-7-15(19)3/h9-12,14-16,19H,5-8,13H2,1-4H3,(H,25,26)(H2,23,24,28)/t15-,16-,19-/m1/s1. The lowest BCUT2D eigenvalue weighted by Gasteiger charge is -2.30. The van der Waals surface area contributed by atoms with E-state index in [-0.39, 0.29) is 24.0 Å². The molecule has 3 N–H and O–H groups in total. The number of benzene rings is 1. The first-order chi connectivity index (χ1) is 13.8. The maximum Gasteiger partial charge on any atom is 0.338 e. The second-order valence-electron chi connectivity index (χ2n) is 8.10. The van der Waals surface area contributed by atoms with Crippen LogP contribution in [-0.2, 0) is 16.1 Å². The predicted molar refractivity (Wildman–Crippen MR) is 111 cm³/mol. The smallest absolute Gasteiger partial charge is 0.338 e. The Bertz CT molecular complexity index is 703. The molecule has 0 radical (unpaired) electrons. The minimum atomic E-state index is -0.849. The molecule has 3 atom stereocenters. The first kappa shape index (κ1) is 22.7. The van der Waals surface area contributed by atoms with Crippen molar-refractivity contribution in [3.05, 3.63) is 35.4 Å². The Balaban J connectivity index is 1.81. The molecule has 3 amide bonds. The third kappa shape index (κ3) is 7.40. The average molecular weight is 404 g/mol. The van der Waals surface area contributed by atoms with Crippen molar-refractivity contribution in [1.29, 1.82) is 0 Å². The van der Waals surface area contributed by atoms with Crippen LogP contribution in [0, 0.1) is 5.92 Å². The monoisotopic (exact) mass is 403 g/mol. The van der Waals surface area contributed by atoms with Gasteiger partial charge in [0.15, 0.2) is 6.10 Å². The molecule has 1 saturated carbocycles. The number of ether oxygens (including phenoxy) is 1. The topological polar surface area (TPSA) is 96.5 Å². The quantitative estimate of drug-likeness (QED) is 0.610. The van der Waals surface area contributed by atoms with E-state index in [4.69, 9.17) is 4.74 Å². The van der Waals surface area contributed by atoms with Gasteiger partial charge in [0.25, 0.3) is 5.91 Å². The maximum atomic E-state index is 12.4. The summed E-state index contributed by atoms with van der Waals surface area (Å²) >= 11 is 0. The highest BCUT2D eigenvalue weighted by molar-refractivity contribution is 5.92. The SMILES string of the molecule is CC(C)NC(=O)NCc1ccc(C(=O)O[C@H](C)C(=O)N[C@@H]2CCCC[C@H]2C)cc1. The number of hydrogen-bond acceptors (Lipinski definition) is 4. The van der Waals surface area contributed by atoms with Gasteiger partial charge in [-0.3, -0.25) is 4.79 Å². The molecule has 0 saturated heterocycles. The van der Waals surface area contributed by atoms with E-state index < -0.39 is 12.1 Å². The summed E-state index contributed by atoms with van der Waals surface area (Å²) in [6, 6.07) is 6.74. The van der Waals surface area contributed by atoms with E-state index in [1.165, 1.54) is 6.42 Å². The van der Waals surface area contributed by atoms with Crippen molar-refractivity contribution in [2.75, 3.05) is 0 Å². The van der Waals surface area contributed by atoms with Crippen LogP contribution in [0.4, 0.5) is 4.79 Å². The molecule has 0 aliphatic heterocycles. The molecule has 0 heterocycles. The number of rotatable bonds is 7. The molecule has 29 heavy (non-hydrogen) atoms. The van der Waals surface area contributed by atoms with Gasteiger partial charge in [0.2, 0.25) is 0 Å². The summed E-state index contributed by atoms with van der Waals surface area (Å²) < 4.78 is 5.33. The van der Waals surface area contributed by atoms with Gasteiger partial charge >= 0.3 is 12.0 Å². The zero-order valence-electron chi connectivity index (χ0n) is 17.8. The second kappa shape index (κ2) is 10.8. The molecular formula is C22H33N3O4. The molecule has 0 aromatic heterocycles. The molecule has 1 aromatic carbocycles. The number of nitrogens with one attached hydrogen (secondary N) is 3. The van der Waals surface area contributed by atoms with Gasteiger partial charge in [-0.15, -0.1) is 0 Å². The highest BCUT2D eigenvalue weighted by Gasteiger charge is 2.26. The molecule has 160 valence electrons. The van der Waals surface area contributed by atoms with Crippen molar-refractivity contribution in [2.45, 2.75) is 78.1 Å². The highest BCUT2D eigenvalue weighted by atomic mass is 16.5. The molecule has 7 nitrogen and oxygen atoms in total. The Kier molecular flexibility index (Phi) is 8.49. The van der Waals surface area contributed by atoms with Crippen molar-refractivity contribution >= 4 is 17.9 Å². The molecular weight excluding hydrogens is 370 g/mol. The fourth-order valence-electron chi connectivity index (χ4n) is 3.37. The van der Waals surface area contributed by atoms with Crippen molar-refractivity contribution in [3.8, 4) is 0 Å². The first-order valence-corrected chi connectivity index (χ1v) is 10.4. The van der Waals surface area contributed by atoms with Crippen LogP contribution in [0.5, 0.6) is 0 Å². The van der Waals surface area contributed by atoms with Crippen LogP contribution in [0.25, 0.3) is 0 Å². The van der Waals surface area contributed by atoms with E-state index in [9.17, 15) is 14.4 Å². The number of carbonyl (C=O) groups is 3. The summed E-state index contributed by atoms with van der Waals surface area (Å²) in [4.78, 5) is 36.3. The Hall–Kier alpha value is -2.57.